The average Bonchev–Trinajstić information content (AvgIpc) is 2.16. The van der Waals surface area contributed by atoms with Crippen LogP contribution in [0, 0.1) is 0 Å². The molecule has 1 rings (SSSR count). The van der Waals surface area contributed by atoms with E-state index in [4.69, 9.17) is 14.0 Å². The predicted molar refractivity (Wildman–Crippen MR) is 52.4 cm³/mol. The van der Waals surface area contributed by atoms with E-state index in [0.717, 1.165) is 26.1 Å². The molecular weight excluding hydrogens is 167 g/mol. The lowest BCUT2D eigenvalue weighted by atomic mass is 10.1. The zero-order valence-electron chi connectivity index (χ0n) is 8.46. The van der Waals surface area contributed by atoms with E-state index in [9.17, 15) is 0 Å². The molecule has 1 aliphatic rings. The van der Waals surface area contributed by atoms with Crippen LogP contribution in [0.25, 0.3) is 0 Å². The summed E-state index contributed by atoms with van der Waals surface area (Å²) in [5.41, 5.74) is 0. The van der Waals surface area contributed by atoms with Gasteiger partial charge in [-0.15, -0.1) is 0 Å². The largest absolute Gasteiger partial charge is 0.639 e. The maximum absolute atomic E-state index is 5.41. The summed E-state index contributed by atoms with van der Waals surface area (Å²) < 4.78 is 16.1. The Labute approximate surface area is 80.9 Å². The summed E-state index contributed by atoms with van der Waals surface area (Å²) in [7, 11) is -0.428. The molecule has 1 aliphatic heterocycles. The lowest BCUT2D eigenvalue weighted by Crippen LogP contribution is -2.28. The van der Waals surface area contributed by atoms with Gasteiger partial charge in [0.05, 0.1) is 0 Å². The maximum Gasteiger partial charge on any atom is 0.639 e. The van der Waals surface area contributed by atoms with Gasteiger partial charge in [0.1, 0.15) is 0 Å². The van der Waals surface area contributed by atoms with Crippen LogP contribution in [0.1, 0.15) is 39.0 Å². The van der Waals surface area contributed by atoms with Crippen LogP contribution in [-0.4, -0.2) is 27.1 Å². The zero-order valence-corrected chi connectivity index (χ0v) is 8.46. The standard InChI is InChI=1S/C9H19BO3/c1-2-11-10-12-8-6-4-3-5-7-9-13-10/h2-9H2,1H3. The van der Waals surface area contributed by atoms with Crippen LogP contribution in [0.2, 0.25) is 0 Å². The Bertz CT molecular complexity index is 111. The summed E-state index contributed by atoms with van der Waals surface area (Å²) in [4.78, 5) is 0. The van der Waals surface area contributed by atoms with E-state index in [1.165, 1.54) is 19.3 Å². The van der Waals surface area contributed by atoms with Crippen molar-refractivity contribution in [1.29, 1.82) is 0 Å². The minimum Gasteiger partial charge on any atom is -0.386 e. The number of hydrogen-bond acceptors (Lipinski definition) is 3. The van der Waals surface area contributed by atoms with Crippen molar-refractivity contribution in [1.82, 2.24) is 0 Å². The Kier molecular flexibility index (Phi) is 6.24. The quantitative estimate of drug-likeness (QED) is 0.617. The fourth-order valence-corrected chi connectivity index (χ4v) is 1.37. The first-order valence-electron chi connectivity index (χ1n) is 5.28. The third-order valence-electron chi connectivity index (χ3n) is 2.10. The highest BCUT2D eigenvalue weighted by Gasteiger charge is 2.20. The van der Waals surface area contributed by atoms with Gasteiger partial charge in [0, 0.05) is 19.8 Å². The third-order valence-corrected chi connectivity index (χ3v) is 2.10. The van der Waals surface area contributed by atoms with E-state index in [1.807, 2.05) is 6.92 Å². The second-order valence-corrected chi connectivity index (χ2v) is 3.25. The summed E-state index contributed by atoms with van der Waals surface area (Å²) in [5.74, 6) is 0. The first-order chi connectivity index (χ1) is 6.43. The molecular formula is C9H19BO3. The number of rotatable bonds is 2. The molecule has 4 heteroatoms. The molecule has 0 saturated carbocycles. The second-order valence-electron chi connectivity index (χ2n) is 3.25. The van der Waals surface area contributed by atoms with Crippen LogP contribution in [0.15, 0.2) is 0 Å². The smallest absolute Gasteiger partial charge is 0.386 e. The monoisotopic (exact) mass is 186 g/mol. The van der Waals surface area contributed by atoms with Gasteiger partial charge in [-0.1, -0.05) is 19.3 Å². The van der Waals surface area contributed by atoms with E-state index < -0.39 is 7.32 Å². The molecule has 1 saturated heterocycles. The minimum absolute atomic E-state index is 0.428. The van der Waals surface area contributed by atoms with Crippen molar-refractivity contribution in [2.45, 2.75) is 39.0 Å². The SMILES string of the molecule is CCOB1OCCCCCCCO1. The molecule has 3 nitrogen and oxygen atoms in total. The molecule has 0 aromatic carbocycles. The molecule has 0 aromatic rings. The molecule has 0 N–H and O–H groups in total. The van der Waals surface area contributed by atoms with Gasteiger partial charge in [-0.25, -0.2) is 0 Å². The molecule has 0 bridgehead atoms. The molecule has 1 heterocycles. The molecule has 13 heavy (non-hydrogen) atoms. The number of hydrogen-bond donors (Lipinski definition) is 0. The fraction of sp³-hybridized carbons (Fsp3) is 1.00. The molecule has 0 atom stereocenters. The Morgan fingerprint density at radius 3 is 2.08 bits per heavy atom. The fourth-order valence-electron chi connectivity index (χ4n) is 1.37. The van der Waals surface area contributed by atoms with Crippen molar-refractivity contribution in [3.63, 3.8) is 0 Å². The summed E-state index contributed by atoms with van der Waals surface area (Å²) >= 11 is 0. The molecule has 0 unspecified atom stereocenters. The first kappa shape index (κ1) is 11.0. The minimum atomic E-state index is -0.428. The molecule has 1 fully saturated rings. The van der Waals surface area contributed by atoms with Gasteiger partial charge in [0.2, 0.25) is 0 Å². The lowest BCUT2D eigenvalue weighted by molar-refractivity contribution is 0.0909. The van der Waals surface area contributed by atoms with Crippen LogP contribution >= 0.6 is 0 Å². The second kappa shape index (κ2) is 7.36. The van der Waals surface area contributed by atoms with Crippen molar-refractivity contribution < 1.29 is 14.0 Å². The molecule has 0 radical (unpaired) electrons. The van der Waals surface area contributed by atoms with Crippen LogP contribution in [0.4, 0.5) is 0 Å². The van der Waals surface area contributed by atoms with Crippen LogP contribution in [0.3, 0.4) is 0 Å². The van der Waals surface area contributed by atoms with Gasteiger partial charge in [-0.3, -0.25) is 0 Å². The van der Waals surface area contributed by atoms with Gasteiger partial charge >= 0.3 is 7.32 Å². The van der Waals surface area contributed by atoms with Crippen molar-refractivity contribution >= 4 is 7.32 Å². The molecule has 76 valence electrons. The maximum atomic E-state index is 5.41. The van der Waals surface area contributed by atoms with Crippen molar-refractivity contribution in [3.8, 4) is 0 Å². The third kappa shape index (κ3) is 5.29. The summed E-state index contributed by atoms with van der Waals surface area (Å²) in [6.45, 7) is 4.10. The predicted octanol–water partition coefficient (Wildman–Crippen LogP) is 2.01. The first-order valence-corrected chi connectivity index (χ1v) is 5.28. The molecule has 0 amide bonds. The van der Waals surface area contributed by atoms with E-state index >= 15 is 0 Å². The molecule has 0 spiro atoms. The van der Waals surface area contributed by atoms with Crippen molar-refractivity contribution in [3.05, 3.63) is 0 Å². The van der Waals surface area contributed by atoms with E-state index in [2.05, 4.69) is 0 Å². The Balaban J connectivity index is 2.18. The van der Waals surface area contributed by atoms with Gasteiger partial charge in [-0.05, 0) is 19.8 Å². The Morgan fingerprint density at radius 1 is 1.00 bits per heavy atom. The average molecular weight is 186 g/mol. The topological polar surface area (TPSA) is 27.7 Å². The highest BCUT2D eigenvalue weighted by atomic mass is 16.7. The van der Waals surface area contributed by atoms with E-state index in [-0.39, 0.29) is 0 Å². The van der Waals surface area contributed by atoms with Gasteiger partial charge < -0.3 is 14.0 Å². The van der Waals surface area contributed by atoms with Gasteiger partial charge in [-0.2, -0.15) is 0 Å². The highest BCUT2D eigenvalue weighted by molar-refractivity contribution is 6.36. The van der Waals surface area contributed by atoms with E-state index in [1.54, 1.807) is 0 Å². The van der Waals surface area contributed by atoms with Crippen LogP contribution in [0.5, 0.6) is 0 Å². The van der Waals surface area contributed by atoms with Crippen molar-refractivity contribution in [2.75, 3.05) is 19.8 Å². The molecule has 0 aromatic heterocycles. The lowest BCUT2D eigenvalue weighted by Gasteiger charge is -2.15. The molecule has 0 aliphatic carbocycles. The normalized spacial score (nSPS) is 21.5. The Morgan fingerprint density at radius 2 is 1.54 bits per heavy atom. The van der Waals surface area contributed by atoms with Gasteiger partial charge in [0.15, 0.2) is 0 Å². The summed E-state index contributed by atoms with van der Waals surface area (Å²) in [6, 6.07) is 0. The van der Waals surface area contributed by atoms with Gasteiger partial charge in [0.25, 0.3) is 0 Å². The van der Waals surface area contributed by atoms with Crippen LogP contribution in [-0.2, 0) is 14.0 Å². The Hall–Kier alpha value is -0.0551. The highest BCUT2D eigenvalue weighted by Crippen LogP contribution is 2.07. The summed E-state index contributed by atoms with van der Waals surface area (Å²) in [6.07, 6.45) is 6.06. The van der Waals surface area contributed by atoms with Crippen molar-refractivity contribution in [2.24, 2.45) is 0 Å². The van der Waals surface area contributed by atoms with Crippen LogP contribution < -0.4 is 0 Å². The zero-order chi connectivity index (χ0) is 9.36. The van der Waals surface area contributed by atoms with E-state index in [0.29, 0.717) is 6.61 Å². The summed E-state index contributed by atoms with van der Waals surface area (Å²) in [5, 5.41) is 0.